The largest absolute Gasteiger partial charge is 0.480 e. The fourth-order valence-corrected chi connectivity index (χ4v) is 1.33. The fourth-order valence-electron chi connectivity index (χ4n) is 1.33. The first-order valence-electron chi connectivity index (χ1n) is 4.58. The summed E-state index contributed by atoms with van der Waals surface area (Å²) in [6.45, 7) is 0. The minimum absolute atomic E-state index is 0.259. The van der Waals surface area contributed by atoms with Crippen LogP contribution in [0.3, 0.4) is 0 Å². The third-order valence-corrected chi connectivity index (χ3v) is 2.07. The van der Waals surface area contributed by atoms with Gasteiger partial charge in [-0.15, -0.1) is 0 Å². The fraction of sp³-hybridized carbons (Fsp3) is 0.222. The molecule has 1 fully saturated rings. The lowest BCUT2D eigenvalue weighted by Crippen LogP contribution is -2.44. The molecule has 2 unspecified atom stereocenters. The van der Waals surface area contributed by atoms with Crippen molar-refractivity contribution < 1.29 is 19.0 Å². The van der Waals surface area contributed by atoms with Crippen LogP contribution in [0.15, 0.2) is 24.3 Å². The summed E-state index contributed by atoms with van der Waals surface area (Å²) in [5.74, 6) is -1.25. The average Bonchev–Trinajstić information content (AvgIpc) is 2.66. The van der Waals surface area contributed by atoms with Gasteiger partial charge in [0.25, 0.3) is 0 Å². The highest BCUT2D eigenvalue weighted by atomic mass is 19.1. The third-order valence-electron chi connectivity index (χ3n) is 2.07. The molecule has 0 saturated carbocycles. The smallest absolute Gasteiger partial charge is 0.327 e. The van der Waals surface area contributed by atoms with E-state index in [1.807, 2.05) is 0 Å². The molecule has 0 radical (unpaired) electrons. The second-order valence-corrected chi connectivity index (χ2v) is 3.23. The normalized spacial score (nSPS) is 24.3. The van der Waals surface area contributed by atoms with Gasteiger partial charge in [-0.3, -0.25) is 4.79 Å². The Bertz CT molecular complexity index is 401. The van der Waals surface area contributed by atoms with Crippen molar-refractivity contribution in [3.8, 4) is 5.75 Å². The van der Waals surface area contributed by atoms with E-state index in [0.29, 0.717) is 0 Å². The molecule has 2 rings (SSSR count). The molecule has 0 amide bonds. The Morgan fingerprint density at radius 2 is 2.25 bits per heavy atom. The molecule has 7 heteroatoms. The number of rotatable bonds is 3. The Kier molecular flexibility index (Phi) is 3.00. The lowest BCUT2D eigenvalue weighted by Gasteiger charge is -2.16. The van der Waals surface area contributed by atoms with Crippen molar-refractivity contribution in [1.82, 2.24) is 16.4 Å². The number of hydrogen-bond acceptors (Lipinski definition) is 5. The van der Waals surface area contributed by atoms with Gasteiger partial charge in [-0.1, -0.05) is 6.07 Å². The number of carboxylic acid groups (broad SMARTS) is 1. The van der Waals surface area contributed by atoms with Gasteiger partial charge in [0, 0.05) is 6.07 Å². The second kappa shape index (κ2) is 4.44. The SMILES string of the molecule is O=C(O)C1NNNC1Oc1cccc(F)c1. The summed E-state index contributed by atoms with van der Waals surface area (Å²) >= 11 is 0. The van der Waals surface area contributed by atoms with Crippen molar-refractivity contribution in [1.29, 1.82) is 0 Å². The number of carbonyl (C=O) groups is 1. The first-order valence-corrected chi connectivity index (χ1v) is 4.58. The van der Waals surface area contributed by atoms with E-state index in [-0.39, 0.29) is 5.75 Å². The van der Waals surface area contributed by atoms with Gasteiger partial charge in [0.2, 0.25) is 0 Å². The Balaban J connectivity index is 2.06. The molecule has 6 nitrogen and oxygen atoms in total. The standard InChI is InChI=1S/C9H10FN3O3/c10-5-2-1-3-6(4-5)16-8-7(9(14)15)11-13-12-8/h1-4,7-8,11-13H,(H,14,15). The van der Waals surface area contributed by atoms with Gasteiger partial charge in [-0.05, 0) is 12.1 Å². The number of nitrogens with one attached hydrogen (secondary N) is 3. The molecule has 1 aliphatic heterocycles. The second-order valence-electron chi connectivity index (χ2n) is 3.23. The van der Waals surface area contributed by atoms with Crippen LogP contribution in [-0.4, -0.2) is 23.3 Å². The summed E-state index contributed by atoms with van der Waals surface area (Å²) in [5.41, 5.74) is 7.47. The summed E-state index contributed by atoms with van der Waals surface area (Å²) in [5, 5.41) is 8.82. The van der Waals surface area contributed by atoms with Gasteiger partial charge in [0.05, 0.1) is 0 Å². The minimum atomic E-state index is -1.07. The predicted molar refractivity (Wildman–Crippen MR) is 51.6 cm³/mol. The molecular formula is C9H10FN3O3. The molecule has 1 aromatic carbocycles. The maximum atomic E-state index is 12.8. The van der Waals surface area contributed by atoms with Crippen molar-refractivity contribution in [3.05, 3.63) is 30.1 Å². The maximum absolute atomic E-state index is 12.8. The van der Waals surface area contributed by atoms with E-state index < -0.39 is 24.1 Å². The lowest BCUT2D eigenvalue weighted by molar-refractivity contribution is -0.141. The van der Waals surface area contributed by atoms with Crippen LogP contribution in [0.1, 0.15) is 0 Å². The van der Waals surface area contributed by atoms with Crippen LogP contribution in [-0.2, 0) is 4.79 Å². The first kappa shape index (κ1) is 10.8. The maximum Gasteiger partial charge on any atom is 0.327 e. The number of hydrazine groups is 2. The van der Waals surface area contributed by atoms with Crippen LogP contribution in [0.4, 0.5) is 4.39 Å². The molecule has 0 bridgehead atoms. The highest BCUT2D eigenvalue weighted by molar-refractivity contribution is 5.74. The van der Waals surface area contributed by atoms with Crippen LogP contribution in [0.25, 0.3) is 0 Å². The monoisotopic (exact) mass is 227 g/mol. The van der Waals surface area contributed by atoms with Crippen molar-refractivity contribution >= 4 is 5.97 Å². The van der Waals surface area contributed by atoms with Crippen LogP contribution in [0, 0.1) is 5.82 Å². The molecule has 86 valence electrons. The van der Waals surface area contributed by atoms with Gasteiger partial charge in [-0.25, -0.2) is 15.2 Å². The van der Waals surface area contributed by atoms with Crippen LogP contribution in [0.5, 0.6) is 5.75 Å². The number of hydrogen-bond donors (Lipinski definition) is 4. The van der Waals surface area contributed by atoms with Gasteiger partial charge in [0.15, 0.2) is 12.3 Å². The molecule has 0 aliphatic carbocycles. The average molecular weight is 227 g/mol. The summed E-state index contributed by atoms with van der Waals surface area (Å²) in [7, 11) is 0. The molecule has 0 spiro atoms. The molecule has 1 aromatic rings. The molecule has 16 heavy (non-hydrogen) atoms. The highest BCUT2D eigenvalue weighted by Gasteiger charge is 2.34. The number of ether oxygens (including phenoxy) is 1. The molecule has 1 aliphatic rings. The van der Waals surface area contributed by atoms with Gasteiger partial charge < -0.3 is 9.84 Å². The highest BCUT2D eigenvalue weighted by Crippen LogP contribution is 2.14. The Morgan fingerprint density at radius 3 is 2.94 bits per heavy atom. The molecular weight excluding hydrogens is 217 g/mol. The van der Waals surface area contributed by atoms with Gasteiger partial charge in [-0.2, -0.15) is 5.53 Å². The van der Waals surface area contributed by atoms with Crippen LogP contribution in [0.2, 0.25) is 0 Å². The van der Waals surface area contributed by atoms with Crippen molar-refractivity contribution in [2.75, 3.05) is 0 Å². The van der Waals surface area contributed by atoms with E-state index in [9.17, 15) is 9.18 Å². The van der Waals surface area contributed by atoms with Crippen molar-refractivity contribution in [2.45, 2.75) is 12.3 Å². The molecule has 0 aromatic heterocycles. The quantitative estimate of drug-likeness (QED) is 0.562. The molecule has 2 atom stereocenters. The third kappa shape index (κ3) is 2.27. The van der Waals surface area contributed by atoms with E-state index in [1.165, 1.54) is 18.2 Å². The van der Waals surface area contributed by atoms with E-state index in [0.717, 1.165) is 0 Å². The summed E-state index contributed by atoms with van der Waals surface area (Å²) in [6.07, 6.45) is -0.806. The Labute approximate surface area is 90.3 Å². The van der Waals surface area contributed by atoms with E-state index >= 15 is 0 Å². The van der Waals surface area contributed by atoms with Gasteiger partial charge >= 0.3 is 5.97 Å². The first-order chi connectivity index (χ1) is 7.66. The number of carboxylic acids is 1. The molecule has 1 saturated heterocycles. The number of halogens is 1. The van der Waals surface area contributed by atoms with E-state index in [2.05, 4.69) is 16.4 Å². The zero-order chi connectivity index (χ0) is 11.5. The topological polar surface area (TPSA) is 82.6 Å². The zero-order valence-electron chi connectivity index (χ0n) is 8.11. The van der Waals surface area contributed by atoms with Crippen LogP contribution >= 0.6 is 0 Å². The Morgan fingerprint density at radius 1 is 1.44 bits per heavy atom. The summed E-state index contributed by atoms with van der Waals surface area (Å²) in [4.78, 5) is 10.8. The Hall–Kier alpha value is -1.70. The van der Waals surface area contributed by atoms with Crippen molar-refractivity contribution in [2.24, 2.45) is 0 Å². The van der Waals surface area contributed by atoms with E-state index in [1.54, 1.807) is 6.07 Å². The molecule has 1 heterocycles. The number of benzene rings is 1. The van der Waals surface area contributed by atoms with Crippen LogP contribution < -0.4 is 21.1 Å². The molecule has 4 N–H and O–H groups in total. The summed E-state index contributed by atoms with van der Waals surface area (Å²) < 4.78 is 18.1. The minimum Gasteiger partial charge on any atom is -0.480 e. The zero-order valence-corrected chi connectivity index (χ0v) is 8.11. The van der Waals surface area contributed by atoms with Gasteiger partial charge in [0.1, 0.15) is 11.6 Å². The summed E-state index contributed by atoms with van der Waals surface area (Å²) in [6, 6.07) is 4.54. The number of aliphatic carboxylic acids is 1. The predicted octanol–water partition coefficient (Wildman–Crippen LogP) is -0.404. The van der Waals surface area contributed by atoms with Crippen molar-refractivity contribution in [3.63, 3.8) is 0 Å². The van der Waals surface area contributed by atoms with E-state index in [4.69, 9.17) is 9.84 Å². The lowest BCUT2D eigenvalue weighted by atomic mass is 10.3.